The zero-order chi connectivity index (χ0) is 18.4. The molecule has 3 N–H and O–H groups in total. The van der Waals surface area contributed by atoms with Gasteiger partial charge in [0.15, 0.2) is 0 Å². The van der Waals surface area contributed by atoms with Gasteiger partial charge in [-0.1, -0.05) is 24.3 Å². The maximum atomic E-state index is 10.1. The molecular formula is C20H26N3O3+. The van der Waals surface area contributed by atoms with Gasteiger partial charge in [0, 0.05) is 29.1 Å². The third-order valence-electron chi connectivity index (χ3n) is 4.70. The summed E-state index contributed by atoms with van der Waals surface area (Å²) in [4.78, 5) is 10.0. The molecule has 0 atom stereocenters. The van der Waals surface area contributed by atoms with Gasteiger partial charge in [-0.2, -0.15) is 0 Å². The monoisotopic (exact) mass is 356 g/mol. The average Bonchev–Trinajstić information content (AvgIpc) is 2.67. The summed E-state index contributed by atoms with van der Waals surface area (Å²) >= 11 is 0. The van der Waals surface area contributed by atoms with E-state index in [-0.39, 0.29) is 12.4 Å². The Hall–Kier alpha value is -2.28. The number of aliphatic hydroxyl groups excluding tert-OH is 1. The fourth-order valence-electron chi connectivity index (χ4n) is 3.05. The first-order valence-corrected chi connectivity index (χ1v) is 8.94. The predicted molar refractivity (Wildman–Crippen MR) is 99.5 cm³/mol. The molecule has 1 aromatic heterocycles. The van der Waals surface area contributed by atoms with Crippen molar-refractivity contribution in [3.05, 3.63) is 58.4 Å². The summed E-state index contributed by atoms with van der Waals surface area (Å²) in [5.41, 5.74) is 4.06. The highest BCUT2D eigenvalue weighted by Gasteiger charge is 2.14. The molecule has 2 aromatic rings. The van der Waals surface area contributed by atoms with Crippen LogP contribution in [0, 0.1) is 6.92 Å². The second-order valence-electron chi connectivity index (χ2n) is 6.61. The molecule has 0 saturated carbocycles. The van der Waals surface area contributed by atoms with Gasteiger partial charge in [-0.15, -0.1) is 0 Å². The van der Waals surface area contributed by atoms with Crippen LogP contribution in [0.25, 0.3) is 0 Å². The van der Waals surface area contributed by atoms with Gasteiger partial charge in [-0.05, 0) is 12.5 Å². The molecule has 0 bridgehead atoms. The van der Waals surface area contributed by atoms with Crippen LogP contribution in [0.3, 0.4) is 0 Å². The number of hydrogen-bond acceptors (Lipinski definition) is 5. The van der Waals surface area contributed by atoms with E-state index in [1.165, 1.54) is 5.56 Å². The molecule has 6 heteroatoms. The highest BCUT2D eigenvalue weighted by Crippen LogP contribution is 2.22. The van der Waals surface area contributed by atoms with Gasteiger partial charge < -0.3 is 19.8 Å². The Morgan fingerprint density at radius 3 is 2.58 bits per heavy atom. The molecule has 1 aliphatic rings. The number of hydrogen-bond donors (Lipinski definition) is 3. The van der Waals surface area contributed by atoms with Gasteiger partial charge in [-0.3, -0.25) is 9.98 Å². The first-order chi connectivity index (χ1) is 12.7. The molecule has 26 heavy (non-hydrogen) atoms. The Morgan fingerprint density at radius 1 is 1.19 bits per heavy atom. The summed E-state index contributed by atoms with van der Waals surface area (Å²) in [6.07, 6.45) is 3.18. The van der Waals surface area contributed by atoms with Crippen molar-refractivity contribution in [1.82, 2.24) is 4.98 Å². The van der Waals surface area contributed by atoms with E-state index in [1.807, 2.05) is 0 Å². The van der Waals surface area contributed by atoms with E-state index >= 15 is 0 Å². The smallest absolute Gasteiger partial charge is 0.145 e. The molecule has 0 unspecified atom stereocenters. The van der Waals surface area contributed by atoms with E-state index in [1.54, 1.807) is 24.2 Å². The summed E-state index contributed by atoms with van der Waals surface area (Å²) in [7, 11) is 0. The minimum Gasteiger partial charge on any atom is -0.505 e. The topological polar surface area (TPSA) is 79.4 Å². The van der Waals surface area contributed by atoms with Crippen LogP contribution in [0.5, 0.6) is 5.75 Å². The summed E-state index contributed by atoms with van der Waals surface area (Å²) in [6, 6.07) is 8.50. The number of nitrogens with zero attached hydrogens (tertiary/aromatic N) is 2. The molecule has 1 fully saturated rings. The number of aromatic nitrogens is 1. The highest BCUT2D eigenvalue weighted by atomic mass is 16.5. The second-order valence-corrected chi connectivity index (χ2v) is 6.61. The van der Waals surface area contributed by atoms with Gasteiger partial charge in [0.1, 0.15) is 25.4 Å². The van der Waals surface area contributed by atoms with Crippen LogP contribution in [-0.4, -0.2) is 47.7 Å². The van der Waals surface area contributed by atoms with E-state index in [9.17, 15) is 10.2 Å². The van der Waals surface area contributed by atoms with Crippen LogP contribution in [0.2, 0.25) is 0 Å². The largest absolute Gasteiger partial charge is 0.505 e. The molecule has 1 aliphatic heterocycles. The predicted octanol–water partition coefficient (Wildman–Crippen LogP) is 0.622. The first-order valence-electron chi connectivity index (χ1n) is 8.94. The van der Waals surface area contributed by atoms with Crippen molar-refractivity contribution < 1.29 is 19.8 Å². The van der Waals surface area contributed by atoms with Gasteiger partial charge in [0.05, 0.1) is 32.1 Å². The SMILES string of the molecule is Cc1ncc(CO)c(C=NCc2ccc(C[NH+]3CCOCC3)cc2)c1O. The zero-order valence-corrected chi connectivity index (χ0v) is 15.1. The number of quaternary nitrogens is 1. The molecule has 138 valence electrons. The third-order valence-corrected chi connectivity index (χ3v) is 4.70. The number of ether oxygens (including phenoxy) is 1. The molecule has 0 spiro atoms. The number of aryl methyl sites for hydroxylation is 1. The van der Waals surface area contributed by atoms with Crippen LogP contribution >= 0.6 is 0 Å². The molecule has 0 radical (unpaired) electrons. The Kier molecular flexibility index (Phi) is 6.33. The quantitative estimate of drug-likeness (QED) is 0.663. The van der Waals surface area contributed by atoms with Crippen LogP contribution in [0.4, 0.5) is 0 Å². The van der Waals surface area contributed by atoms with Crippen molar-refractivity contribution >= 4 is 6.21 Å². The molecule has 2 heterocycles. The van der Waals surface area contributed by atoms with Crippen molar-refractivity contribution in [2.45, 2.75) is 26.6 Å². The molecule has 1 saturated heterocycles. The molecule has 6 nitrogen and oxygen atoms in total. The fourth-order valence-corrected chi connectivity index (χ4v) is 3.05. The maximum absolute atomic E-state index is 10.1. The maximum Gasteiger partial charge on any atom is 0.145 e. The number of morpholine rings is 1. The number of aliphatic imine (C=N–C) groups is 1. The standard InChI is InChI=1S/C20H25N3O3/c1-15-20(25)19(18(14-24)11-22-15)12-21-10-16-2-4-17(5-3-16)13-23-6-8-26-9-7-23/h2-5,11-12,24-25H,6-10,13-14H2,1H3/p+1. The van der Waals surface area contributed by atoms with Crippen LogP contribution in [-0.2, 0) is 24.4 Å². The third kappa shape index (κ3) is 4.66. The number of aliphatic hydroxyl groups is 1. The van der Waals surface area contributed by atoms with E-state index in [2.05, 4.69) is 34.2 Å². The van der Waals surface area contributed by atoms with Gasteiger partial charge in [0.2, 0.25) is 0 Å². The first kappa shape index (κ1) is 18.5. The lowest BCUT2D eigenvalue weighted by atomic mass is 10.1. The normalized spacial score (nSPS) is 15.6. The van der Waals surface area contributed by atoms with Crippen LogP contribution in [0.15, 0.2) is 35.5 Å². The van der Waals surface area contributed by atoms with Crippen molar-refractivity contribution in [3.63, 3.8) is 0 Å². The molecule has 1 aromatic carbocycles. The second kappa shape index (κ2) is 8.89. The lowest BCUT2D eigenvalue weighted by molar-refractivity contribution is -0.921. The van der Waals surface area contributed by atoms with E-state index in [4.69, 9.17) is 4.74 Å². The van der Waals surface area contributed by atoms with E-state index in [0.717, 1.165) is 38.4 Å². The Morgan fingerprint density at radius 2 is 1.88 bits per heavy atom. The van der Waals surface area contributed by atoms with E-state index in [0.29, 0.717) is 23.4 Å². The van der Waals surface area contributed by atoms with Crippen molar-refractivity contribution in [1.29, 1.82) is 0 Å². The number of rotatable bonds is 6. The molecule has 0 amide bonds. The lowest BCUT2D eigenvalue weighted by Crippen LogP contribution is -3.12. The Balaban J connectivity index is 1.61. The Labute approximate surface area is 153 Å². The summed E-state index contributed by atoms with van der Waals surface area (Å²) in [5, 5.41) is 19.5. The average molecular weight is 356 g/mol. The minimum absolute atomic E-state index is 0.0733. The van der Waals surface area contributed by atoms with Gasteiger partial charge in [0.25, 0.3) is 0 Å². The number of benzene rings is 1. The Bertz CT molecular complexity index is 754. The number of nitrogens with one attached hydrogen (secondary N) is 1. The zero-order valence-electron chi connectivity index (χ0n) is 15.1. The summed E-state index contributed by atoms with van der Waals surface area (Å²) in [6.45, 7) is 6.91. The molecular weight excluding hydrogens is 330 g/mol. The van der Waals surface area contributed by atoms with Crippen molar-refractivity contribution in [2.75, 3.05) is 26.3 Å². The summed E-state index contributed by atoms with van der Waals surface area (Å²) in [5.74, 6) is 0.0733. The van der Waals surface area contributed by atoms with Crippen molar-refractivity contribution in [2.24, 2.45) is 4.99 Å². The van der Waals surface area contributed by atoms with E-state index < -0.39 is 0 Å². The number of aromatic hydroxyl groups is 1. The van der Waals surface area contributed by atoms with Crippen LogP contribution in [0.1, 0.15) is 27.9 Å². The number of pyridine rings is 1. The van der Waals surface area contributed by atoms with Gasteiger partial charge in [-0.25, -0.2) is 0 Å². The van der Waals surface area contributed by atoms with Crippen molar-refractivity contribution in [3.8, 4) is 5.75 Å². The van der Waals surface area contributed by atoms with Gasteiger partial charge >= 0.3 is 0 Å². The fraction of sp³-hybridized carbons (Fsp3) is 0.400. The molecule has 3 rings (SSSR count). The van der Waals surface area contributed by atoms with Crippen LogP contribution < -0.4 is 4.90 Å². The molecule has 0 aliphatic carbocycles. The lowest BCUT2D eigenvalue weighted by Gasteiger charge is -2.23. The minimum atomic E-state index is -0.180. The highest BCUT2D eigenvalue weighted by molar-refractivity contribution is 5.85. The summed E-state index contributed by atoms with van der Waals surface area (Å²) < 4.78 is 5.40.